The van der Waals surface area contributed by atoms with Gasteiger partial charge < -0.3 is 29.3 Å². The van der Waals surface area contributed by atoms with Crippen molar-refractivity contribution in [2.45, 2.75) is 19.1 Å². The van der Waals surface area contributed by atoms with Crippen LogP contribution in [0.4, 0.5) is 10.1 Å². The van der Waals surface area contributed by atoms with Crippen LogP contribution in [0.5, 0.6) is 17.2 Å². The third-order valence-corrected chi connectivity index (χ3v) is 6.48. The number of hydrogen-bond donors (Lipinski definition) is 4. The molecule has 0 aliphatic carbocycles. The third kappa shape index (κ3) is 6.61. The lowest BCUT2D eigenvalue weighted by molar-refractivity contribution is -0.114. The summed E-state index contributed by atoms with van der Waals surface area (Å²) in [6, 6.07) is 9.46. The monoisotopic (exact) mass is 538 g/mol. The molecule has 0 amide bonds. The summed E-state index contributed by atoms with van der Waals surface area (Å²) in [7, 11) is 5.60. The minimum atomic E-state index is -3.98. The van der Waals surface area contributed by atoms with E-state index in [4.69, 9.17) is 14.2 Å². The van der Waals surface area contributed by atoms with Crippen molar-refractivity contribution < 1.29 is 37.2 Å². The smallest absolute Gasteiger partial charge is 0.299 e. The van der Waals surface area contributed by atoms with E-state index in [9.17, 15) is 18.6 Å². The van der Waals surface area contributed by atoms with Gasteiger partial charge in [0.1, 0.15) is 22.9 Å². The number of hydrogen-bond acceptors (Lipinski definition) is 9. The predicted octanol–water partition coefficient (Wildman–Crippen LogP) is 0.796. The normalized spacial score (nSPS) is 16.2. The topological polar surface area (TPSA) is 133 Å². The van der Waals surface area contributed by atoms with Gasteiger partial charge in [-0.3, -0.25) is 9.62 Å². The van der Waals surface area contributed by atoms with Crippen molar-refractivity contribution in [1.82, 2.24) is 14.5 Å². The molecule has 13 heteroatoms. The Bertz CT molecular complexity index is 1270. The lowest BCUT2D eigenvalue weighted by atomic mass is 9.90. The van der Waals surface area contributed by atoms with Crippen molar-refractivity contribution in [3.63, 3.8) is 0 Å². The molecule has 11 nitrogen and oxygen atoms in total. The first kappa shape index (κ1) is 28.5. The number of nitrogens with one attached hydrogen (secondary N) is 2. The zero-order valence-electron chi connectivity index (χ0n) is 21.4. The quantitative estimate of drug-likeness (QED) is 0.307. The Balaban J connectivity index is 2.11. The molecule has 0 aromatic heterocycles. The number of halogens is 1. The molecule has 0 saturated heterocycles. The van der Waals surface area contributed by atoms with E-state index in [0.717, 1.165) is 0 Å². The number of ether oxygens (including phenoxy) is 3. The van der Waals surface area contributed by atoms with Crippen LogP contribution in [-0.4, -0.2) is 90.0 Å². The summed E-state index contributed by atoms with van der Waals surface area (Å²) < 4.78 is 60.0. The van der Waals surface area contributed by atoms with Crippen molar-refractivity contribution in [2.75, 3.05) is 53.6 Å². The fourth-order valence-electron chi connectivity index (χ4n) is 3.67. The van der Waals surface area contributed by atoms with Crippen molar-refractivity contribution in [1.29, 1.82) is 0 Å². The number of likely N-dealkylation sites (N-methyl/N-ethyl adjacent to an activating group) is 1. The van der Waals surface area contributed by atoms with E-state index in [2.05, 4.69) is 16.9 Å². The van der Waals surface area contributed by atoms with Gasteiger partial charge in [-0.05, 0) is 45.9 Å². The van der Waals surface area contributed by atoms with Crippen LogP contribution in [0.3, 0.4) is 0 Å². The van der Waals surface area contributed by atoms with Crippen LogP contribution >= 0.6 is 0 Å². The second-order valence-corrected chi connectivity index (χ2v) is 10.4. The zero-order chi connectivity index (χ0) is 27.5. The minimum Gasteiger partial charge on any atom is -0.496 e. The molecule has 2 unspecified atom stereocenters. The number of nitrogens with zero attached hydrogens (tertiary/aromatic N) is 2. The maximum atomic E-state index is 15.3. The van der Waals surface area contributed by atoms with Gasteiger partial charge in [0, 0.05) is 43.3 Å². The first-order valence-corrected chi connectivity index (χ1v) is 12.6. The minimum absolute atomic E-state index is 0.0675. The largest absolute Gasteiger partial charge is 0.496 e. The van der Waals surface area contributed by atoms with Crippen LogP contribution in [0.2, 0.25) is 0 Å². The molecule has 4 N–H and O–H groups in total. The molecule has 2 atom stereocenters. The molecule has 0 radical (unpaired) electrons. The van der Waals surface area contributed by atoms with E-state index < -0.39 is 34.4 Å². The van der Waals surface area contributed by atoms with Gasteiger partial charge in [-0.15, -0.1) is 0 Å². The molecule has 2 aromatic rings. The number of anilines is 1. The summed E-state index contributed by atoms with van der Waals surface area (Å²) in [5.41, 5.74) is 1.17. The zero-order valence-corrected chi connectivity index (χ0v) is 22.2. The SMILES string of the molecule is CNS(=O)(=O)Nc1c#ccc(CC2=C(CN(C)C)c3c(OC)cc(OC(O)N(C)C)cc3OC2O)c1F. The highest BCUT2D eigenvalue weighted by Gasteiger charge is 2.32. The molecule has 3 rings (SSSR count). The Hall–Kier alpha value is -3.12. The summed E-state index contributed by atoms with van der Waals surface area (Å²) in [5, 5.41) is 21.1. The highest BCUT2D eigenvalue weighted by Crippen LogP contribution is 2.45. The molecule has 0 bridgehead atoms. The number of aliphatic hydroxyl groups excluding tert-OH is 2. The lowest BCUT2D eigenvalue weighted by Gasteiger charge is -2.31. The van der Waals surface area contributed by atoms with Crippen molar-refractivity contribution in [2.24, 2.45) is 0 Å². The Labute approximate surface area is 216 Å². The van der Waals surface area contributed by atoms with Gasteiger partial charge in [0.05, 0.1) is 12.7 Å². The molecule has 0 spiro atoms. The van der Waals surface area contributed by atoms with E-state index in [1.165, 1.54) is 31.2 Å². The average Bonchev–Trinajstić information content (AvgIpc) is 2.82. The number of fused-ring (bicyclic) bond motifs is 1. The van der Waals surface area contributed by atoms with Crippen LogP contribution in [-0.2, 0) is 16.6 Å². The summed E-state index contributed by atoms with van der Waals surface area (Å²) in [6.07, 6.45) is -2.80. The second-order valence-electron chi connectivity index (χ2n) is 8.73. The molecule has 1 heterocycles. The van der Waals surface area contributed by atoms with Gasteiger partial charge in [0.2, 0.25) is 6.29 Å². The van der Waals surface area contributed by atoms with Gasteiger partial charge in [-0.2, -0.15) is 8.42 Å². The fourth-order valence-corrected chi connectivity index (χ4v) is 4.18. The van der Waals surface area contributed by atoms with Gasteiger partial charge in [0.15, 0.2) is 5.82 Å². The second kappa shape index (κ2) is 11.5. The first-order valence-electron chi connectivity index (χ1n) is 11.1. The van der Waals surface area contributed by atoms with Crippen LogP contribution in [0, 0.1) is 17.9 Å². The molecule has 0 saturated carbocycles. The third-order valence-electron chi connectivity index (χ3n) is 5.47. The summed E-state index contributed by atoms with van der Waals surface area (Å²) in [5.74, 6) is -0.00192. The standard InChI is InChI=1S/C24H31FN4O7S/c1-26-37(32,33)27-18-9-7-8-14(22(18)25)10-16-17(13-28(2)3)21-19(34-6)11-15(35-24(31)29(4)5)12-20(21)36-23(16)30/h8,11-12,23-24,26-27,30-31H,10,13H2,1-6H3. The molecule has 0 fully saturated rings. The highest BCUT2D eigenvalue weighted by atomic mass is 32.2. The average molecular weight is 539 g/mol. The fraction of sp³-hybridized carbons (Fsp3) is 0.417. The summed E-state index contributed by atoms with van der Waals surface area (Å²) >= 11 is 0. The Kier molecular flexibility index (Phi) is 8.85. The number of benzene rings is 1. The maximum absolute atomic E-state index is 15.3. The lowest BCUT2D eigenvalue weighted by Crippen LogP contribution is -2.33. The van der Waals surface area contributed by atoms with Crippen LogP contribution in [0.25, 0.3) is 5.57 Å². The summed E-state index contributed by atoms with van der Waals surface area (Å²) in [4.78, 5) is 3.31. The van der Waals surface area contributed by atoms with E-state index in [1.54, 1.807) is 20.2 Å². The van der Waals surface area contributed by atoms with E-state index in [-0.39, 0.29) is 23.5 Å². The maximum Gasteiger partial charge on any atom is 0.299 e. The van der Waals surface area contributed by atoms with Crippen LogP contribution in [0.15, 0.2) is 23.8 Å². The molecule has 2 aromatic carbocycles. The van der Waals surface area contributed by atoms with Gasteiger partial charge in [0.25, 0.3) is 16.6 Å². The predicted molar refractivity (Wildman–Crippen MR) is 135 cm³/mol. The number of methoxy groups -OCH3 is 1. The van der Waals surface area contributed by atoms with Crippen molar-refractivity contribution in [3.8, 4) is 17.2 Å². The van der Waals surface area contributed by atoms with E-state index in [1.807, 2.05) is 23.7 Å². The molecule has 37 heavy (non-hydrogen) atoms. The molecule has 1 aliphatic heterocycles. The van der Waals surface area contributed by atoms with Gasteiger partial charge in [-0.25, -0.2) is 9.11 Å². The van der Waals surface area contributed by atoms with Crippen LogP contribution in [0.1, 0.15) is 11.1 Å². The van der Waals surface area contributed by atoms with Gasteiger partial charge in [-0.1, -0.05) is 6.07 Å². The number of rotatable bonds is 11. The van der Waals surface area contributed by atoms with Crippen LogP contribution < -0.4 is 23.7 Å². The highest BCUT2D eigenvalue weighted by molar-refractivity contribution is 7.90. The van der Waals surface area contributed by atoms with Gasteiger partial charge >= 0.3 is 0 Å². The Morgan fingerprint density at radius 1 is 1.27 bits per heavy atom. The van der Waals surface area contributed by atoms with Crippen molar-refractivity contribution >= 4 is 21.5 Å². The van der Waals surface area contributed by atoms with E-state index >= 15 is 4.39 Å². The van der Waals surface area contributed by atoms with E-state index in [0.29, 0.717) is 29.0 Å². The first-order chi connectivity index (χ1) is 17.4. The summed E-state index contributed by atoms with van der Waals surface area (Å²) in [6.45, 7) is 0.336. The number of aliphatic hydroxyl groups is 2. The van der Waals surface area contributed by atoms with Crippen molar-refractivity contribution in [3.05, 3.63) is 52.8 Å². The molecule has 1 aliphatic rings. The molecule has 202 valence electrons. The Morgan fingerprint density at radius 3 is 2.57 bits per heavy atom. The molecular weight excluding hydrogens is 507 g/mol. The molecular formula is C24H31FN4O7S. The Morgan fingerprint density at radius 2 is 1.97 bits per heavy atom.